The van der Waals surface area contributed by atoms with Gasteiger partial charge in [0.15, 0.2) is 0 Å². The van der Waals surface area contributed by atoms with Crippen LogP contribution in [-0.2, 0) is 4.79 Å². The molecule has 1 aromatic rings. The van der Waals surface area contributed by atoms with Crippen molar-refractivity contribution in [1.82, 2.24) is 10.2 Å². The van der Waals surface area contributed by atoms with Crippen LogP contribution in [0.4, 0.5) is 5.69 Å². The van der Waals surface area contributed by atoms with E-state index < -0.39 is 4.92 Å². The minimum atomic E-state index is -0.454. The number of carbonyl (C=O) groups excluding carboxylic acids is 1. The van der Waals surface area contributed by atoms with Gasteiger partial charge in [0, 0.05) is 24.8 Å². The number of hydrogen-bond acceptors (Lipinski definition) is 4. The molecular formula is C16H23N3O3. The van der Waals surface area contributed by atoms with Crippen LogP contribution in [0.25, 0.3) is 6.08 Å². The molecule has 0 fully saturated rings. The lowest BCUT2D eigenvalue weighted by Crippen LogP contribution is -2.29. The fourth-order valence-corrected chi connectivity index (χ4v) is 2.03. The Morgan fingerprint density at radius 3 is 2.73 bits per heavy atom. The number of nitro groups is 1. The van der Waals surface area contributed by atoms with E-state index in [2.05, 4.69) is 24.1 Å². The zero-order valence-corrected chi connectivity index (χ0v) is 13.1. The molecule has 6 heteroatoms. The van der Waals surface area contributed by atoms with Crippen molar-refractivity contribution in [2.24, 2.45) is 0 Å². The maximum Gasteiger partial charge on any atom is 0.270 e. The Hall–Kier alpha value is -2.21. The lowest BCUT2D eigenvalue weighted by molar-refractivity contribution is -0.384. The molecule has 0 aromatic heterocycles. The molecule has 0 atom stereocenters. The van der Waals surface area contributed by atoms with Crippen LogP contribution in [0.15, 0.2) is 30.3 Å². The molecule has 0 aliphatic carbocycles. The summed E-state index contributed by atoms with van der Waals surface area (Å²) in [5.41, 5.74) is 0.647. The van der Waals surface area contributed by atoms with Crippen molar-refractivity contribution >= 4 is 17.7 Å². The molecule has 0 bridgehead atoms. The standard InChI is InChI=1S/C16H23N3O3/c1-3-18(4-2)12-6-11-17-16(20)10-9-14-7-5-8-15(13-14)19(21)22/h5,7-10,13H,3-4,6,11-12H2,1-2H3,(H,17,20). The Labute approximate surface area is 131 Å². The van der Waals surface area contributed by atoms with Crippen molar-refractivity contribution in [3.8, 4) is 0 Å². The van der Waals surface area contributed by atoms with E-state index in [-0.39, 0.29) is 11.6 Å². The van der Waals surface area contributed by atoms with Crippen LogP contribution in [0, 0.1) is 10.1 Å². The van der Waals surface area contributed by atoms with Crippen molar-refractivity contribution in [2.45, 2.75) is 20.3 Å². The fraction of sp³-hybridized carbons (Fsp3) is 0.438. The first-order valence-corrected chi connectivity index (χ1v) is 7.49. The molecule has 0 aliphatic heterocycles. The average molecular weight is 305 g/mol. The summed E-state index contributed by atoms with van der Waals surface area (Å²) in [7, 11) is 0. The first-order valence-electron chi connectivity index (χ1n) is 7.49. The predicted molar refractivity (Wildman–Crippen MR) is 87.5 cm³/mol. The summed E-state index contributed by atoms with van der Waals surface area (Å²) in [5, 5.41) is 13.5. The number of nitro benzene ring substituents is 1. The molecule has 0 aliphatic rings. The highest BCUT2D eigenvalue weighted by Crippen LogP contribution is 2.13. The third kappa shape index (κ3) is 6.49. The largest absolute Gasteiger partial charge is 0.353 e. The molecular weight excluding hydrogens is 282 g/mol. The van der Waals surface area contributed by atoms with E-state index in [4.69, 9.17) is 0 Å². The van der Waals surface area contributed by atoms with E-state index in [9.17, 15) is 14.9 Å². The molecule has 1 amide bonds. The van der Waals surface area contributed by atoms with Crippen molar-refractivity contribution in [2.75, 3.05) is 26.2 Å². The molecule has 0 spiro atoms. The van der Waals surface area contributed by atoms with E-state index in [0.29, 0.717) is 12.1 Å². The van der Waals surface area contributed by atoms with Gasteiger partial charge in [0.1, 0.15) is 0 Å². The van der Waals surface area contributed by atoms with Crippen LogP contribution >= 0.6 is 0 Å². The highest BCUT2D eigenvalue weighted by molar-refractivity contribution is 5.91. The van der Waals surface area contributed by atoms with Gasteiger partial charge in [-0.05, 0) is 37.7 Å². The first-order chi connectivity index (χ1) is 10.6. The Bertz CT molecular complexity index is 525. The highest BCUT2D eigenvalue weighted by atomic mass is 16.6. The lowest BCUT2D eigenvalue weighted by Gasteiger charge is -2.17. The molecule has 1 rings (SSSR count). The zero-order chi connectivity index (χ0) is 16.4. The number of hydrogen-bond donors (Lipinski definition) is 1. The maximum absolute atomic E-state index is 11.7. The minimum Gasteiger partial charge on any atom is -0.353 e. The summed E-state index contributed by atoms with van der Waals surface area (Å²) in [5.74, 6) is -0.189. The number of benzene rings is 1. The van der Waals surface area contributed by atoms with Gasteiger partial charge in [-0.15, -0.1) is 0 Å². The molecule has 0 radical (unpaired) electrons. The van der Waals surface area contributed by atoms with E-state index in [1.165, 1.54) is 18.2 Å². The van der Waals surface area contributed by atoms with Crippen LogP contribution in [0.5, 0.6) is 0 Å². The van der Waals surface area contributed by atoms with Crippen molar-refractivity contribution in [3.63, 3.8) is 0 Å². The Balaban J connectivity index is 2.38. The Morgan fingerprint density at radius 2 is 2.09 bits per heavy atom. The van der Waals surface area contributed by atoms with E-state index in [0.717, 1.165) is 26.1 Å². The summed E-state index contributed by atoms with van der Waals surface area (Å²) < 4.78 is 0. The van der Waals surface area contributed by atoms with E-state index >= 15 is 0 Å². The van der Waals surface area contributed by atoms with Gasteiger partial charge in [-0.25, -0.2) is 0 Å². The van der Waals surface area contributed by atoms with Crippen molar-refractivity contribution < 1.29 is 9.72 Å². The number of non-ortho nitro benzene ring substituents is 1. The van der Waals surface area contributed by atoms with Crippen LogP contribution in [0.2, 0.25) is 0 Å². The number of nitrogens with one attached hydrogen (secondary N) is 1. The molecule has 0 heterocycles. The third-order valence-electron chi connectivity index (χ3n) is 3.35. The second-order valence-corrected chi connectivity index (χ2v) is 4.86. The molecule has 0 unspecified atom stereocenters. The second kappa shape index (κ2) is 9.68. The van der Waals surface area contributed by atoms with Gasteiger partial charge in [-0.3, -0.25) is 14.9 Å². The molecule has 0 saturated carbocycles. The average Bonchev–Trinajstić information content (AvgIpc) is 2.53. The Kier molecular flexibility index (Phi) is 7.85. The van der Waals surface area contributed by atoms with Crippen molar-refractivity contribution in [3.05, 3.63) is 46.0 Å². The summed E-state index contributed by atoms with van der Waals surface area (Å²) in [6.45, 7) is 7.83. The second-order valence-electron chi connectivity index (χ2n) is 4.86. The van der Waals surface area contributed by atoms with Gasteiger partial charge in [0.25, 0.3) is 5.69 Å². The maximum atomic E-state index is 11.7. The van der Waals surface area contributed by atoms with Gasteiger partial charge < -0.3 is 10.2 Å². The summed E-state index contributed by atoms with van der Waals surface area (Å²) in [4.78, 5) is 24.2. The van der Waals surface area contributed by atoms with Crippen LogP contribution < -0.4 is 5.32 Å². The monoisotopic (exact) mass is 305 g/mol. The number of rotatable bonds is 9. The fourth-order valence-electron chi connectivity index (χ4n) is 2.03. The summed E-state index contributed by atoms with van der Waals surface area (Å²) in [6, 6.07) is 6.17. The van der Waals surface area contributed by atoms with Crippen LogP contribution in [0.1, 0.15) is 25.8 Å². The van der Waals surface area contributed by atoms with Gasteiger partial charge in [0.2, 0.25) is 5.91 Å². The minimum absolute atomic E-state index is 0.0155. The topological polar surface area (TPSA) is 75.5 Å². The Morgan fingerprint density at radius 1 is 1.36 bits per heavy atom. The lowest BCUT2D eigenvalue weighted by atomic mass is 10.2. The predicted octanol–water partition coefficient (Wildman–Crippen LogP) is 2.46. The summed E-state index contributed by atoms with van der Waals surface area (Å²) in [6.07, 6.45) is 3.88. The summed E-state index contributed by atoms with van der Waals surface area (Å²) >= 11 is 0. The normalized spacial score (nSPS) is 11.0. The highest BCUT2D eigenvalue weighted by Gasteiger charge is 2.04. The third-order valence-corrected chi connectivity index (χ3v) is 3.35. The number of carbonyl (C=O) groups is 1. The van der Waals surface area contributed by atoms with Gasteiger partial charge in [-0.2, -0.15) is 0 Å². The molecule has 0 saturated heterocycles. The molecule has 1 aromatic carbocycles. The van der Waals surface area contributed by atoms with E-state index in [1.54, 1.807) is 18.2 Å². The molecule has 22 heavy (non-hydrogen) atoms. The smallest absolute Gasteiger partial charge is 0.270 e. The number of amides is 1. The number of nitrogens with zero attached hydrogens (tertiary/aromatic N) is 2. The zero-order valence-electron chi connectivity index (χ0n) is 13.1. The van der Waals surface area contributed by atoms with Crippen LogP contribution in [-0.4, -0.2) is 41.9 Å². The van der Waals surface area contributed by atoms with Gasteiger partial charge >= 0.3 is 0 Å². The molecule has 6 nitrogen and oxygen atoms in total. The van der Waals surface area contributed by atoms with E-state index in [1.807, 2.05) is 0 Å². The van der Waals surface area contributed by atoms with Crippen LogP contribution in [0.3, 0.4) is 0 Å². The van der Waals surface area contributed by atoms with Crippen molar-refractivity contribution in [1.29, 1.82) is 0 Å². The van der Waals surface area contributed by atoms with Gasteiger partial charge in [0.05, 0.1) is 4.92 Å². The van der Waals surface area contributed by atoms with Gasteiger partial charge in [-0.1, -0.05) is 26.0 Å². The SMILES string of the molecule is CCN(CC)CCCNC(=O)C=Cc1cccc([N+](=O)[O-])c1. The quantitative estimate of drug-likeness (QED) is 0.329. The molecule has 120 valence electrons. The molecule has 1 N–H and O–H groups in total. The first kappa shape index (κ1) is 17.8.